The van der Waals surface area contributed by atoms with Crippen molar-refractivity contribution in [3.05, 3.63) is 59.7 Å². The van der Waals surface area contributed by atoms with Crippen molar-refractivity contribution in [3.63, 3.8) is 0 Å². The molecule has 1 N–H and O–H groups in total. The summed E-state index contributed by atoms with van der Waals surface area (Å²) in [4.78, 5) is 0. The van der Waals surface area contributed by atoms with E-state index in [4.69, 9.17) is 37.9 Å². The van der Waals surface area contributed by atoms with E-state index < -0.39 is 42.8 Å². The van der Waals surface area contributed by atoms with E-state index in [0.29, 0.717) is 0 Å². The van der Waals surface area contributed by atoms with Crippen molar-refractivity contribution in [1.29, 1.82) is 0 Å². The summed E-state index contributed by atoms with van der Waals surface area (Å²) >= 11 is 0. The zero-order valence-corrected chi connectivity index (χ0v) is 18.7. The van der Waals surface area contributed by atoms with E-state index in [9.17, 15) is 5.11 Å². The summed E-state index contributed by atoms with van der Waals surface area (Å²) in [6.45, 7) is -0.326. The highest BCUT2D eigenvalue weighted by Gasteiger charge is 2.70. The van der Waals surface area contributed by atoms with Gasteiger partial charge in [-0.3, -0.25) is 0 Å². The van der Waals surface area contributed by atoms with Gasteiger partial charge in [0, 0.05) is 7.11 Å². The molecule has 4 fully saturated rings. The van der Waals surface area contributed by atoms with Crippen LogP contribution in [0.4, 0.5) is 0 Å². The molecular weight excluding hydrogens is 432 g/mol. The molecule has 1 saturated carbocycles. The van der Waals surface area contributed by atoms with Crippen molar-refractivity contribution in [2.75, 3.05) is 21.3 Å². The topological polar surface area (TPSA) is 94.1 Å². The highest BCUT2D eigenvalue weighted by atomic mass is 16.9. The van der Waals surface area contributed by atoms with E-state index in [1.165, 1.54) is 7.11 Å². The smallest absolute Gasteiger partial charge is 0.273 e. The van der Waals surface area contributed by atoms with Crippen molar-refractivity contribution in [3.8, 4) is 11.5 Å². The number of hydrogen-bond donors (Lipinski definition) is 1. The van der Waals surface area contributed by atoms with Crippen LogP contribution in [0.1, 0.15) is 11.1 Å². The van der Waals surface area contributed by atoms with E-state index in [1.807, 2.05) is 48.5 Å². The molecule has 0 spiro atoms. The van der Waals surface area contributed by atoms with Gasteiger partial charge in [0.25, 0.3) is 6.48 Å². The fraction of sp³-hybridized carbons (Fsp3) is 0.500. The van der Waals surface area contributed by atoms with E-state index in [0.717, 1.165) is 22.6 Å². The van der Waals surface area contributed by atoms with Gasteiger partial charge < -0.3 is 43.0 Å². The van der Waals surface area contributed by atoms with Gasteiger partial charge in [-0.15, -0.1) is 0 Å². The average molecular weight is 460 g/mol. The van der Waals surface area contributed by atoms with Gasteiger partial charge in [0.15, 0.2) is 0 Å². The Labute approximate surface area is 192 Å². The lowest BCUT2D eigenvalue weighted by atomic mass is 9.79. The van der Waals surface area contributed by atoms with Crippen molar-refractivity contribution < 1.29 is 43.0 Å². The molecule has 1 aliphatic carbocycles. The van der Waals surface area contributed by atoms with Crippen molar-refractivity contribution in [2.24, 2.45) is 0 Å². The molecule has 0 amide bonds. The minimum Gasteiger partial charge on any atom is -0.497 e. The van der Waals surface area contributed by atoms with Gasteiger partial charge in [-0.1, -0.05) is 24.3 Å². The maximum absolute atomic E-state index is 11.3. The Hall–Kier alpha value is -2.24. The normalized spacial score (nSPS) is 34.4. The molecule has 0 radical (unpaired) electrons. The van der Waals surface area contributed by atoms with Crippen molar-refractivity contribution in [2.45, 2.75) is 56.0 Å². The Bertz CT molecular complexity index is 862. The summed E-state index contributed by atoms with van der Waals surface area (Å²) in [6, 6.07) is 15.1. The van der Waals surface area contributed by atoms with E-state index >= 15 is 0 Å². The number of ether oxygens (including phenoxy) is 8. The van der Waals surface area contributed by atoms with Crippen LogP contribution in [-0.2, 0) is 41.6 Å². The van der Waals surface area contributed by atoms with Crippen LogP contribution in [0.15, 0.2) is 48.5 Å². The predicted molar refractivity (Wildman–Crippen MR) is 114 cm³/mol. The van der Waals surface area contributed by atoms with Crippen LogP contribution in [0, 0.1) is 0 Å². The van der Waals surface area contributed by atoms with Crippen LogP contribution in [0.25, 0.3) is 0 Å². The van der Waals surface area contributed by atoms with Crippen LogP contribution >= 0.6 is 0 Å². The van der Waals surface area contributed by atoms with E-state index in [1.54, 1.807) is 14.2 Å². The number of benzene rings is 2. The van der Waals surface area contributed by atoms with Crippen molar-refractivity contribution in [1.82, 2.24) is 0 Å². The largest absolute Gasteiger partial charge is 0.497 e. The molecule has 3 aliphatic heterocycles. The SMILES string of the molecule is COc1ccc(CO[C@@H]2C3OC4O[C@H]([C@H]3OCc3ccc(OC)cc3)C(O)(OC)[C@H]2O4)cc1. The van der Waals surface area contributed by atoms with Gasteiger partial charge in [0.05, 0.1) is 27.4 Å². The first-order valence-corrected chi connectivity index (χ1v) is 10.8. The predicted octanol–water partition coefficient (Wildman–Crippen LogP) is 1.99. The molecular formula is C24H28O9. The van der Waals surface area contributed by atoms with E-state index in [2.05, 4.69) is 0 Å². The summed E-state index contributed by atoms with van der Waals surface area (Å²) in [5.41, 5.74) is 1.88. The molecule has 178 valence electrons. The minimum atomic E-state index is -1.74. The molecule has 2 aromatic rings. The number of methoxy groups -OCH3 is 3. The maximum atomic E-state index is 11.3. The monoisotopic (exact) mass is 460 g/mol. The highest BCUT2D eigenvalue weighted by molar-refractivity contribution is 5.27. The van der Waals surface area contributed by atoms with Crippen LogP contribution in [-0.4, -0.2) is 69.2 Å². The molecule has 4 bridgehead atoms. The van der Waals surface area contributed by atoms with Crippen LogP contribution in [0.2, 0.25) is 0 Å². The molecule has 2 aromatic carbocycles. The molecule has 4 aliphatic rings. The zero-order chi connectivity index (χ0) is 23.0. The quantitative estimate of drug-likeness (QED) is 0.564. The second kappa shape index (κ2) is 9.19. The Morgan fingerprint density at radius 1 is 0.727 bits per heavy atom. The molecule has 3 heterocycles. The first-order chi connectivity index (χ1) is 16.1. The fourth-order valence-electron chi connectivity index (χ4n) is 4.56. The lowest BCUT2D eigenvalue weighted by Crippen LogP contribution is -2.81. The van der Waals surface area contributed by atoms with Crippen LogP contribution in [0.3, 0.4) is 0 Å². The second-order valence-corrected chi connectivity index (χ2v) is 8.21. The number of rotatable bonds is 9. The van der Waals surface area contributed by atoms with E-state index in [-0.39, 0.29) is 13.2 Å². The van der Waals surface area contributed by atoms with Gasteiger partial charge >= 0.3 is 0 Å². The molecule has 9 heteroatoms. The standard InChI is InChI=1S/C24H28O9/c1-26-16-8-4-14(5-9-16)12-29-19-18-20(30-13-15-6-10-17(27-2)11-7-15)22-24(25,28-3)21(19)32-23(31-18)33-22/h4-11,18-23,25H,12-13H2,1-3H3/t18?,19-,20+,21+,22-,23?,24?. The third-order valence-corrected chi connectivity index (χ3v) is 6.37. The van der Waals surface area contributed by atoms with Gasteiger partial charge in [0.2, 0.25) is 5.79 Å². The lowest BCUT2D eigenvalue weighted by molar-refractivity contribution is -0.534. The Morgan fingerprint density at radius 2 is 1.18 bits per heavy atom. The van der Waals surface area contributed by atoms with Crippen LogP contribution in [0.5, 0.6) is 11.5 Å². The molecule has 9 nitrogen and oxygen atoms in total. The third-order valence-electron chi connectivity index (χ3n) is 6.37. The van der Waals surface area contributed by atoms with Gasteiger partial charge in [-0.2, -0.15) is 0 Å². The average Bonchev–Trinajstić information content (AvgIpc) is 2.86. The Kier molecular flexibility index (Phi) is 6.28. The molecule has 3 unspecified atom stereocenters. The Morgan fingerprint density at radius 3 is 1.58 bits per heavy atom. The third kappa shape index (κ3) is 4.10. The van der Waals surface area contributed by atoms with Gasteiger partial charge in [-0.25, -0.2) is 0 Å². The van der Waals surface area contributed by atoms with Crippen LogP contribution < -0.4 is 9.47 Å². The minimum absolute atomic E-state index is 0.287. The molecule has 7 atom stereocenters. The zero-order valence-electron chi connectivity index (χ0n) is 18.7. The maximum Gasteiger partial charge on any atom is 0.273 e. The molecule has 6 rings (SSSR count). The summed E-state index contributed by atoms with van der Waals surface area (Å²) in [5, 5.41) is 11.3. The molecule has 33 heavy (non-hydrogen) atoms. The van der Waals surface area contributed by atoms with Gasteiger partial charge in [0.1, 0.15) is 42.0 Å². The lowest BCUT2D eigenvalue weighted by Gasteiger charge is -2.61. The summed E-state index contributed by atoms with van der Waals surface area (Å²) in [5.74, 6) is -0.220. The highest BCUT2D eigenvalue weighted by Crippen LogP contribution is 2.48. The summed E-state index contributed by atoms with van der Waals surface area (Å²) in [6.07, 6.45) is -3.34. The first-order valence-electron chi connectivity index (χ1n) is 10.8. The first kappa shape index (κ1) is 22.5. The van der Waals surface area contributed by atoms with Gasteiger partial charge in [-0.05, 0) is 35.4 Å². The fourth-order valence-corrected chi connectivity index (χ4v) is 4.56. The second-order valence-electron chi connectivity index (χ2n) is 8.21. The number of aliphatic hydroxyl groups is 1. The Balaban J connectivity index is 1.33. The van der Waals surface area contributed by atoms with Crippen molar-refractivity contribution >= 4 is 0 Å². The number of hydrogen-bond acceptors (Lipinski definition) is 9. The molecule has 0 aromatic heterocycles. The summed E-state index contributed by atoms with van der Waals surface area (Å²) in [7, 11) is 4.65. The molecule has 3 saturated heterocycles. The summed E-state index contributed by atoms with van der Waals surface area (Å²) < 4.78 is 45.8.